The quantitative estimate of drug-likeness (QED) is 0.809. The van der Waals surface area contributed by atoms with Crippen LogP contribution in [0, 0.1) is 0 Å². The van der Waals surface area contributed by atoms with Gasteiger partial charge in [0.25, 0.3) is 0 Å². The van der Waals surface area contributed by atoms with Crippen LogP contribution in [0.4, 0.5) is 4.39 Å². The molecule has 0 amide bonds. The van der Waals surface area contributed by atoms with Gasteiger partial charge in [-0.3, -0.25) is 0 Å². The highest BCUT2D eigenvalue weighted by molar-refractivity contribution is 5.42. The SMILES string of the molecule is CNC(C)c1ccc(OC)cc1OCCF. The molecule has 90 valence electrons. The minimum absolute atomic E-state index is 0.0661. The highest BCUT2D eigenvalue weighted by Gasteiger charge is 2.11. The molecule has 0 radical (unpaired) electrons. The topological polar surface area (TPSA) is 30.5 Å². The fourth-order valence-corrected chi connectivity index (χ4v) is 1.43. The lowest BCUT2D eigenvalue weighted by atomic mass is 10.1. The van der Waals surface area contributed by atoms with Gasteiger partial charge in [0.05, 0.1) is 7.11 Å². The van der Waals surface area contributed by atoms with Gasteiger partial charge in [0.15, 0.2) is 0 Å². The minimum atomic E-state index is -0.495. The molecule has 1 aromatic carbocycles. The number of rotatable bonds is 6. The van der Waals surface area contributed by atoms with Crippen LogP contribution in [0.2, 0.25) is 0 Å². The second kappa shape index (κ2) is 6.33. The molecule has 0 heterocycles. The van der Waals surface area contributed by atoms with Crippen molar-refractivity contribution >= 4 is 0 Å². The van der Waals surface area contributed by atoms with E-state index in [0.29, 0.717) is 11.5 Å². The summed E-state index contributed by atoms with van der Waals surface area (Å²) in [6.07, 6.45) is 0. The zero-order valence-corrected chi connectivity index (χ0v) is 9.92. The van der Waals surface area contributed by atoms with Crippen molar-refractivity contribution in [3.63, 3.8) is 0 Å². The summed E-state index contributed by atoms with van der Waals surface area (Å²) in [6, 6.07) is 5.72. The number of hydrogen-bond donors (Lipinski definition) is 1. The van der Waals surface area contributed by atoms with Crippen LogP contribution < -0.4 is 14.8 Å². The predicted molar refractivity (Wildman–Crippen MR) is 61.9 cm³/mol. The van der Waals surface area contributed by atoms with E-state index < -0.39 is 6.67 Å². The molecule has 0 aliphatic carbocycles. The third-order valence-electron chi connectivity index (χ3n) is 2.45. The van der Waals surface area contributed by atoms with Gasteiger partial charge in [-0.05, 0) is 20.0 Å². The molecular formula is C12H18FNO2. The molecule has 1 rings (SSSR count). The van der Waals surface area contributed by atoms with E-state index in [9.17, 15) is 4.39 Å². The summed E-state index contributed by atoms with van der Waals surface area (Å²) < 4.78 is 22.6. The molecule has 0 aliphatic heterocycles. The lowest BCUT2D eigenvalue weighted by Gasteiger charge is -2.16. The summed E-state index contributed by atoms with van der Waals surface area (Å²) in [4.78, 5) is 0. The standard InChI is InChI=1S/C12H18FNO2/c1-9(14-2)11-5-4-10(15-3)8-12(11)16-7-6-13/h4-5,8-9,14H,6-7H2,1-3H3. The van der Waals surface area contributed by atoms with E-state index in [4.69, 9.17) is 9.47 Å². The first-order valence-corrected chi connectivity index (χ1v) is 5.27. The van der Waals surface area contributed by atoms with Crippen LogP contribution in [-0.4, -0.2) is 27.4 Å². The van der Waals surface area contributed by atoms with Crippen LogP contribution in [0.25, 0.3) is 0 Å². The highest BCUT2D eigenvalue weighted by atomic mass is 19.1. The van der Waals surface area contributed by atoms with E-state index >= 15 is 0 Å². The van der Waals surface area contributed by atoms with Gasteiger partial charge in [-0.1, -0.05) is 6.07 Å². The van der Waals surface area contributed by atoms with Crippen LogP contribution in [-0.2, 0) is 0 Å². The van der Waals surface area contributed by atoms with Gasteiger partial charge in [0.2, 0.25) is 0 Å². The number of halogens is 1. The summed E-state index contributed by atoms with van der Waals surface area (Å²) >= 11 is 0. The molecule has 0 saturated carbocycles. The van der Waals surface area contributed by atoms with Crippen molar-refractivity contribution < 1.29 is 13.9 Å². The molecule has 1 atom stereocenters. The summed E-state index contributed by atoms with van der Waals surface area (Å²) in [7, 11) is 3.46. The molecular weight excluding hydrogens is 209 g/mol. The van der Waals surface area contributed by atoms with E-state index in [0.717, 1.165) is 5.56 Å². The van der Waals surface area contributed by atoms with Gasteiger partial charge in [-0.15, -0.1) is 0 Å². The molecule has 0 spiro atoms. The van der Waals surface area contributed by atoms with Gasteiger partial charge < -0.3 is 14.8 Å². The van der Waals surface area contributed by atoms with Crippen LogP contribution in [0.3, 0.4) is 0 Å². The van der Waals surface area contributed by atoms with E-state index in [1.807, 2.05) is 26.1 Å². The molecule has 16 heavy (non-hydrogen) atoms. The van der Waals surface area contributed by atoms with Gasteiger partial charge in [-0.25, -0.2) is 4.39 Å². The molecule has 0 saturated heterocycles. The number of methoxy groups -OCH3 is 1. The fourth-order valence-electron chi connectivity index (χ4n) is 1.43. The van der Waals surface area contributed by atoms with Crippen molar-refractivity contribution in [3.8, 4) is 11.5 Å². The summed E-state index contributed by atoms with van der Waals surface area (Å²) in [5, 5.41) is 3.12. The molecule has 0 bridgehead atoms. The maximum Gasteiger partial charge on any atom is 0.127 e. The second-order valence-corrected chi connectivity index (χ2v) is 3.45. The third kappa shape index (κ3) is 3.10. The smallest absolute Gasteiger partial charge is 0.127 e. The first-order chi connectivity index (χ1) is 7.72. The molecule has 4 heteroatoms. The molecule has 3 nitrogen and oxygen atoms in total. The fraction of sp³-hybridized carbons (Fsp3) is 0.500. The van der Waals surface area contributed by atoms with E-state index in [-0.39, 0.29) is 12.6 Å². The van der Waals surface area contributed by atoms with E-state index in [2.05, 4.69) is 5.32 Å². The van der Waals surface area contributed by atoms with Crippen molar-refractivity contribution in [2.75, 3.05) is 27.4 Å². The summed E-state index contributed by atoms with van der Waals surface area (Å²) in [6.45, 7) is 1.59. The Hall–Kier alpha value is -1.29. The first-order valence-electron chi connectivity index (χ1n) is 5.27. The highest BCUT2D eigenvalue weighted by Crippen LogP contribution is 2.29. The van der Waals surface area contributed by atoms with Gasteiger partial charge in [0.1, 0.15) is 24.8 Å². The molecule has 1 aromatic rings. The minimum Gasteiger partial charge on any atom is -0.497 e. The van der Waals surface area contributed by atoms with Crippen LogP contribution in [0.5, 0.6) is 11.5 Å². The maximum atomic E-state index is 12.1. The molecule has 0 fully saturated rings. The van der Waals surface area contributed by atoms with Crippen LogP contribution >= 0.6 is 0 Å². The van der Waals surface area contributed by atoms with Crippen LogP contribution in [0.15, 0.2) is 18.2 Å². The Bertz CT molecular complexity index is 331. The van der Waals surface area contributed by atoms with Crippen molar-refractivity contribution in [3.05, 3.63) is 23.8 Å². The molecule has 0 aliphatic rings. The number of alkyl halides is 1. The predicted octanol–water partition coefficient (Wildman–Crippen LogP) is 2.32. The van der Waals surface area contributed by atoms with Crippen molar-refractivity contribution in [2.45, 2.75) is 13.0 Å². The van der Waals surface area contributed by atoms with E-state index in [1.54, 1.807) is 13.2 Å². The number of hydrogen-bond acceptors (Lipinski definition) is 3. The number of benzene rings is 1. The Morgan fingerprint density at radius 2 is 2.19 bits per heavy atom. The van der Waals surface area contributed by atoms with E-state index in [1.165, 1.54) is 0 Å². The number of nitrogens with one attached hydrogen (secondary N) is 1. The third-order valence-corrected chi connectivity index (χ3v) is 2.45. The zero-order valence-electron chi connectivity index (χ0n) is 9.92. The Morgan fingerprint density at radius 1 is 1.44 bits per heavy atom. The monoisotopic (exact) mass is 227 g/mol. The zero-order chi connectivity index (χ0) is 12.0. The maximum absolute atomic E-state index is 12.1. The average Bonchev–Trinajstić information content (AvgIpc) is 2.34. The Morgan fingerprint density at radius 3 is 2.75 bits per heavy atom. The van der Waals surface area contributed by atoms with Crippen molar-refractivity contribution in [1.82, 2.24) is 5.32 Å². The Kier molecular flexibility index (Phi) is 5.05. The van der Waals surface area contributed by atoms with Gasteiger partial charge >= 0.3 is 0 Å². The Balaban J connectivity index is 2.96. The average molecular weight is 227 g/mol. The Labute approximate surface area is 95.6 Å². The molecule has 1 N–H and O–H groups in total. The second-order valence-electron chi connectivity index (χ2n) is 3.45. The molecule has 1 unspecified atom stereocenters. The largest absolute Gasteiger partial charge is 0.497 e. The van der Waals surface area contributed by atoms with Gasteiger partial charge in [0, 0.05) is 17.7 Å². The normalized spacial score (nSPS) is 12.2. The van der Waals surface area contributed by atoms with Gasteiger partial charge in [-0.2, -0.15) is 0 Å². The van der Waals surface area contributed by atoms with Crippen LogP contribution in [0.1, 0.15) is 18.5 Å². The number of ether oxygens (including phenoxy) is 2. The lowest BCUT2D eigenvalue weighted by molar-refractivity contribution is 0.268. The summed E-state index contributed by atoms with van der Waals surface area (Å²) in [5.41, 5.74) is 0.997. The van der Waals surface area contributed by atoms with Crippen molar-refractivity contribution in [1.29, 1.82) is 0 Å². The lowest BCUT2D eigenvalue weighted by Crippen LogP contribution is -2.14. The first kappa shape index (κ1) is 12.8. The van der Waals surface area contributed by atoms with Crippen molar-refractivity contribution in [2.24, 2.45) is 0 Å². The molecule has 0 aromatic heterocycles. The summed E-state index contributed by atoms with van der Waals surface area (Å²) in [5.74, 6) is 1.37.